The van der Waals surface area contributed by atoms with Crippen LogP contribution in [0.3, 0.4) is 0 Å². The van der Waals surface area contributed by atoms with Crippen molar-refractivity contribution in [1.82, 2.24) is 24.5 Å². The second-order valence-corrected chi connectivity index (χ2v) is 6.28. The summed E-state index contributed by atoms with van der Waals surface area (Å²) < 4.78 is 3.80. The number of imidazole rings is 1. The number of rotatable bonds is 4. The van der Waals surface area contributed by atoms with Gasteiger partial charge in [0.05, 0.1) is 23.5 Å². The minimum absolute atomic E-state index is 0.547. The lowest BCUT2D eigenvalue weighted by Gasteiger charge is -2.04. The molecule has 0 unspecified atom stereocenters. The molecule has 112 valence electrons. The standard InChI is InChI=1S/C15H13Cl2N5/c16-11-3-4-14(13(17)7-11)22-9-12(19-20-22)8-21-6-5-18-15(21)10-1-2-10/h3-7,9-10H,1-2,8H2. The Kier molecular flexibility index (Phi) is 3.39. The van der Waals surface area contributed by atoms with E-state index in [0.717, 1.165) is 17.2 Å². The Bertz CT molecular complexity index is 819. The van der Waals surface area contributed by atoms with Gasteiger partial charge in [-0.2, -0.15) is 0 Å². The van der Waals surface area contributed by atoms with E-state index >= 15 is 0 Å². The summed E-state index contributed by atoms with van der Waals surface area (Å²) in [5.74, 6) is 1.75. The third kappa shape index (κ3) is 2.62. The first-order valence-corrected chi connectivity index (χ1v) is 7.84. The first-order valence-electron chi connectivity index (χ1n) is 7.08. The average Bonchev–Trinajstić information content (AvgIpc) is 3.05. The van der Waals surface area contributed by atoms with Gasteiger partial charge in [-0.15, -0.1) is 5.10 Å². The molecule has 5 nitrogen and oxygen atoms in total. The van der Waals surface area contributed by atoms with Crippen molar-refractivity contribution in [3.05, 3.63) is 58.4 Å². The third-order valence-electron chi connectivity index (χ3n) is 3.72. The fourth-order valence-electron chi connectivity index (χ4n) is 2.49. The molecule has 1 saturated carbocycles. The molecule has 0 N–H and O–H groups in total. The molecule has 1 aliphatic carbocycles. The Hall–Kier alpha value is -1.85. The predicted molar refractivity (Wildman–Crippen MR) is 84.7 cm³/mol. The molecule has 0 saturated heterocycles. The summed E-state index contributed by atoms with van der Waals surface area (Å²) in [6.07, 6.45) is 8.16. The smallest absolute Gasteiger partial charge is 0.112 e. The first kappa shape index (κ1) is 13.8. The molecular formula is C15H13Cl2N5. The van der Waals surface area contributed by atoms with Gasteiger partial charge in [-0.25, -0.2) is 9.67 Å². The summed E-state index contributed by atoms with van der Waals surface area (Å²) in [6.45, 7) is 0.664. The van der Waals surface area contributed by atoms with Crippen molar-refractivity contribution in [3.8, 4) is 5.69 Å². The van der Waals surface area contributed by atoms with E-state index in [1.165, 1.54) is 12.8 Å². The second kappa shape index (κ2) is 5.41. The van der Waals surface area contributed by atoms with Crippen molar-refractivity contribution in [2.24, 2.45) is 0 Å². The van der Waals surface area contributed by atoms with Crippen LogP contribution in [-0.2, 0) is 6.54 Å². The first-order chi connectivity index (χ1) is 10.7. The van der Waals surface area contributed by atoms with E-state index in [0.29, 0.717) is 22.5 Å². The van der Waals surface area contributed by atoms with E-state index in [-0.39, 0.29) is 0 Å². The summed E-state index contributed by atoms with van der Waals surface area (Å²) in [5.41, 5.74) is 1.63. The molecule has 0 aliphatic heterocycles. The molecule has 0 spiro atoms. The van der Waals surface area contributed by atoms with Gasteiger partial charge in [-0.3, -0.25) is 0 Å². The van der Waals surface area contributed by atoms with Gasteiger partial charge in [0.2, 0.25) is 0 Å². The maximum atomic E-state index is 6.20. The molecule has 0 bridgehead atoms. The fraction of sp³-hybridized carbons (Fsp3) is 0.267. The van der Waals surface area contributed by atoms with E-state index in [1.54, 1.807) is 16.8 Å². The van der Waals surface area contributed by atoms with Crippen LogP contribution in [0, 0.1) is 0 Å². The Labute approximate surface area is 137 Å². The maximum absolute atomic E-state index is 6.20. The highest BCUT2D eigenvalue weighted by Gasteiger charge is 2.28. The van der Waals surface area contributed by atoms with Gasteiger partial charge < -0.3 is 4.57 Å². The molecule has 0 atom stereocenters. The van der Waals surface area contributed by atoms with Gasteiger partial charge in [0, 0.05) is 23.3 Å². The Morgan fingerprint density at radius 2 is 2.09 bits per heavy atom. The van der Waals surface area contributed by atoms with E-state index in [9.17, 15) is 0 Å². The Balaban J connectivity index is 1.60. The lowest BCUT2D eigenvalue weighted by atomic mass is 10.3. The van der Waals surface area contributed by atoms with E-state index in [2.05, 4.69) is 19.9 Å². The van der Waals surface area contributed by atoms with Crippen LogP contribution in [-0.4, -0.2) is 24.5 Å². The maximum Gasteiger partial charge on any atom is 0.112 e. The monoisotopic (exact) mass is 333 g/mol. The molecular weight excluding hydrogens is 321 g/mol. The van der Waals surface area contributed by atoms with Crippen LogP contribution < -0.4 is 0 Å². The van der Waals surface area contributed by atoms with Crippen molar-refractivity contribution in [3.63, 3.8) is 0 Å². The summed E-state index contributed by atoms with van der Waals surface area (Å²) in [4.78, 5) is 4.44. The van der Waals surface area contributed by atoms with Crippen LogP contribution in [0.2, 0.25) is 10.0 Å². The lowest BCUT2D eigenvalue weighted by Crippen LogP contribution is -2.03. The molecule has 2 aromatic heterocycles. The van der Waals surface area contributed by atoms with Crippen molar-refractivity contribution < 1.29 is 0 Å². The second-order valence-electron chi connectivity index (χ2n) is 5.44. The highest BCUT2D eigenvalue weighted by molar-refractivity contribution is 6.35. The molecule has 3 aromatic rings. The van der Waals surface area contributed by atoms with Gasteiger partial charge >= 0.3 is 0 Å². The van der Waals surface area contributed by atoms with E-state index in [1.807, 2.05) is 24.7 Å². The zero-order valence-electron chi connectivity index (χ0n) is 11.7. The third-order valence-corrected chi connectivity index (χ3v) is 4.26. The molecule has 0 amide bonds. The summed E-state index contributed by atoms with van der Waals surface area (Å²) in [7, 11) is 0. The highest BCUT2D eigenvalue weighted by Crippen LogP contribution is 2.39. The minimum Gasteiger partial charge on any atom is -0.329 e. The molecule has 22 heavy (non-hydrogen) atoms. The number of hydrogen-bond acceptors (Lipinski definition) is 3. The van der Waals surface area contributed by atoms with Gasteiger partial charge in [-0.05, 0) is 31.0 Å². The molecule has 1 fully saturated rings. The topological polar surface area (TPSA) is 48.5 Å². The number of nitrogens with zero attached hydrogens (tertiary/aromatic N) is 5. The van der Waals surface area contributed by atoms with Crippen LogP contribution in [0.15, 0.2) is 36.8 Å². The predicted octanol–water partition coefficient (Wildman–Crippen LogP) is 3.70. The normalized spacial score (nSPS) is 14.5. The van der Waals surface area contributed by atoms with Crippen molar-refractivity contribution >= 4 is 23.2 Å². The van der Waals surface area contributed by atoms with E-state index < -0.39 is 0 Å². The minimum atomic E-state index is 0.547. The summed E-state index contributed by atoms with van der Waals surface area (Å²) >= 11 is 12.1. The highest BCUT2D eigenvalue weighted by atomic mass is 35.5. The Morgan fingerprint density at radius 1 is 1.23 bits per heavy atom. The van der Waals surface area contributed by atoms with Gasteiger partial charge in [0.15, 0.2) is 0 Å². The van der Waals surface area contributed by atoms with Gasteiger partial charge in [0.1, 0.15) is 11.5 Å². The van der Waals surface area contributed by atoms with Crippen molar-refractivity contribution in [1.29, 1.82) is 0 Å². The zero-order chi connectivity index (χ0) is 15.1. The van der Waals surface area contributed by atoms with Gasteiger partial charge in [0.25, 0.3) is 0 Å². The summed E-state index contributed by atoms with van der Waals surface area (Å²) in [6, 6.07) is 5.31. The molecule has 4 rings (SSSR count). The quantitative estimate of drug-likeness (QED) is 0.731. The van der Waals surface area contributed by atoms with Crippen LogP contribution in [0.25, 0.3) is 5.69 Å². The molecule has 1 aromatic carbocycles. The van der Waals surface area contributed by atoms with Gasteiger partial charge in [-0.1, -0.05) is 28.4 Å². The number of halogens is 2. The molecule has 7 heteroatoms. The SMILES string of the molecule is Clc1ccc(-n2cc(Cn3ccnc3C3CC3)nn2)c(Cl)c1. The molecule has 1 aliphatic rings. The van der Waals surface area contributed by atoms with Crippen LogP contribution >= 0.6 is 23.2 Å². The van der Waals surface area contributed by atoms with Crippen LogP contribution in [0.1, 0.15) is 30.3 Å². The van der Waals surface area contributed by atoms with E-state index in [4.69, 9.17) is 23.2 Å². The number of benzene rings is 1. The lowest BCUT2D eigenvalue weighted by molar-refractivity contribution is 0.706. The van der Waals surface area contributed by atoms with Crippen molar-refractivity contribution in [2.75, 3.05) is 0 Å². The van der Waals surface area contributed by atoms with Crippen LogP contribution in [0.5, 0.6) is 0 Å². The zero-order valence-corrected chi connectivity index (χ0v) is 13.2. The Morgan fingerprint density at radius 3 is 2.86 bits per heavy atom. The summed E-state index contributed by atoms with van der Waals surface area (Å²) in [5, 5.41) is 9.52. The average molecular weight is 334 g/mol. The van der Waals surface area contributed by atoms with Crippen molar-refractivity contribution in [2.45, 2.75) is 25.3 Å². The largest absolute Gasteiger partial charge is 0.329 e. The fourth-order valence-corrected chi connectivity index (χ4v) is 2.98. The number of hydrogen-bond donors (Lipinski definition) is 0. The molecule has 0 radical (unpaired) electrons. The molecule has 2 heterocycles. The van der Waals surface area contributed by atoms with Crippen LogP contribution in [0.4, 0.5) is 0 Å². The number of aromatic nitrogens is 5.